The van der Waals surface area contributed by atoms with E-state index in [9.17, 15) is 0 Å². The predicted molar refractivity (Wildman–Crippen MR) is 86.7 cm³/mol. The Morgan fingerprint density at radius 1 is 1.19 bits per heavy atom. The Bertz CT molecular complexity index is 664. The molecule has 108 valence electrons. The zero-order valence-corrected chi connectivity index (χ0v) is 12.5. The first-order valence-corrected chi connectivity index (χ1v) is 7.99. The third-order valence-corrected chi connectivity index (χ3v) is 4.85. The summed E-state index contributed by atoms with van der Waals surface area (Å²) in [6, 6.07) is 15.5. The number of nitrogens with zero attached hydrogens (tertiary/aromatic N) is 1. The summed E-state index contributed by atoms with van der Waals surface area (Å²) in [4.78, 5) is 2.41. The van der Waals surface area contributed by atoms with E-state index < -0.39 is 0 Å². The average Bonchev–Trinajstić information content (AvgIpc) is 2.97. The van der Waals surface area contributed by atoms with E-state index in [2.05, 4.69) is 54.3 Å². The second kappa shape index (κ2) is 5.10. The first-order valence-electron chi connectivity index (χ1n) is 7.99. The van der Waals surface area contributed by atoms with E-state index in [0.29, 0.717) is 5.92 Å². The quantitative estimate of drug-likeness (QED) is 0.793. The topological polar surface area (TPSA) is 12.5 Å². The molecule has 0 radical (unpaired) electrons. The van der Waals surface area contributed by atoms with E-state index in [1.807, 2.05) is 0 Å². The van der Waals surface area contributed by atoms with Gasteiger partial charge in [0.05, 0.1) is 6.61 Å². The lowest BCUT2D eigenvalue weighted by Crippen LogP contribution is -2.16. The lowest BCUT2D eigenvalue weighted by atomic mass is 9.91. The van der Waals surface area contributed by atoms with Crippen LogP contribution >= 0.6 is 0 Å². The van der Waals surface area contributed by atoms with Crippen molar-refractivity contribution in [1.82, 2.24) is 0 Å². The number of fused-ring (bicyclic) bond motifs is 2. The van der Waals surface area contributed by atoms with Crippen LogP contribution in [0.5, 0.6) is 5.75 Å². The molecule has 0 spiro atoms. The Balaban J connectivity index is 1.72. The van der Waals surface area contributed by atoms with Crippen LogP contribution in [0.25, 0.3) is 0 Å². The van der Waals surface area contributed by atoms with Crippen LogP contribution in [-0.2, 0) is 6.42 Å². The molecule has 2 nitrogen and oxygen atoms in total. The first-order chi connectivity index (χ1) is 10.4. The van der Waals surface area contributed by atoms with Crippen molar-refractivity contribution >= 4 is 11.4 Å². The van der Waals surface area contributed by atoms with Gasteiger partial charge in [0, 0.05) is 24.0 Å². The van der Waals surface area contributed by atoms with Gasteiger partial charge in [-0.15, -0.1) is 0 Å². The van der Waals surface area contributed by atoms with Gasteiger partial charge < -0.3 is 9.64 Å². The van der Waals surface area contributed by atoms with Gasteiger partial charge in [-0.2, -0.15) is 0 Å². The van der Waals surface area contributed by atoms with Gasteiger partial charge in [0.2, 0.25) is 0 Å². The fourth-order valence-corrected chi connectivity index (χ4v) is 3.65. The highest BCUT2D eigenvalue weighted by atomic mass is 16.5. The van der Waals surface area contributed by atoms with Crippen molar-refractivity contribution in [3.8, 4) is 5.75 Å². The van der Waals surface area contributed by atoms with Crippen LogP contribution in [0.3, 0.4) is 0 Å². The molecule has 2 aromatic rings. The molecule has 0 N–H and O–H groups in total. The normalized spacial score (nSPS) is 19.9. The second-order valence-corrected chi connectivity index (χ2v) is 5.99. The lowest BCUT2D eigenvalue weighted by Gasteiger charge is -2.27. The van der Waals surface area contributed by atoms with Crippen molar-refractivity contribution in [2.24, 2.45) is 0 Å². The molecule has 2 aliphatic rings. The van der Waals surface area contributed by atoms with Gasteiger partial charge in [-0.05, 0) is 48.4 Å². The highest BCUT2D eigenvalue weighted by Gasteiger charge is 2.24. The van der Waals surface area contributed by atoms with Crippen LogP contribution in [0.4, 0.5) is 11.4 Å². The maximum absolute atomic E-state index is 5.92. The maximum atomic E-state index is 5.92. The highest BCUT2D eigenvalue weighted by molar-refractivity contribution is 5.71. The Morgan fingerprint density at radius 3 is 3.00 bits per heavy atom. The first kappa shape index (κ1) is 12.8. The van der Waals surface area contributed by atoms with Crippen molar-refractivity contribution in [1.29, 1.82) is 0 Å². The molecule has 21 heavy (non-hydrogen) atoms. The van der Waals surface area contributed by atoms with E-state index in [1.54, 1.807) is 0 Å². The molecule has 4 rings (SSSR count). The van der Waals surface area contributed by atoms with Crippen LogP contribution in [0.2, 0.25) is 0 Å². The van der Waals surface area contributed by atoms with Crippen molar-refractivity contribution in [2.45, 2.75) is 32.1 Å². The molecule has 2 heteroatoms. The van der Waals surface area contributed by atoms with Crippen LogP contribution < -0.4 is 9.64 Å². The standard InChI is InChI=1S/C19H21NO/c1-2-14-10-12-21-19-13-16(7-8-17(14)19)20-11-9-15-5-3-4-6-18(15)20/h3-8,13-14H,2,9-12H2,1H3. The van der Waals surface area contributed by atoms with E-state index in [0.717, 1.165) is 31.7 Å². The highest BCUT2D eigenvalue weighted by Crippen LogP contribution is 2.41. The Labute approximate surface area is 126 Å². The molecular formula is C19H21NO. The van der Waals surface area contributed by atoms with Gasteiger partial charge in [-0.1, -0.05) is 31.2 Å². The average molecular weight is 279 g/mol. The number of ether oxygens (including phenoxy) is 1. The molecule has 2 heterocycles. The van der Waals surface area contributed by atoms with Crippen molar-refractivity contribution < 1.29 is 4.74 Å². The molecule has 0 bridgehead atoms. The fraction of sp³-hybridized carbons (Fsp3) is 0.368. The Kier molecular flexibility index (Phi) is 3.10. The van der Waals surface area contributed by atoms with Gasteiger partial charge in [0.15, 0.2) is 0 Å². The summed E-state index contributed by atoms with van der Waals surface area (Å²) in [7, 11) is 0. The lowest BCUT2D eigenvalue weighted by molar-refractivity contribution is 0.265. The van der Waals surface area contributed by atoms with Gasteiger partial charge in [0.1, 0.15) is 5.75 Å². The van der Waals surface area contributed by atoms with Crippen molar-refractivity contribution in [3.63, 3.8) is 0 Å². The summed E-state index contributed by atoms with van der Waals surface area (Å²) in [6.07, 6.45) is 3.48. The Hall–Kier alpha value is -1.96. The predicted octanol–water partition coefficient (Wildman–Crippen LogP) is 4.66. The van der Waals surface area contributed by atoms with Crippen LogP contribution in [-0.4, -0.2) is 13.2 Å². The van der Waals surface area contributed by atoms with Gasteiger partial charge >= 0.3 is 0 Å². The van der Waals surface area contributed by atoms with Gasteiger partial charge in [0.25, 0.3) is 0 Å². The molecule has 0 aromatic heterocycles. The molecule has 0 saturated carbocycles. The number of para-hydroxylation sites is 1. The SMILES string of the molecule is CCC1CCOc2cc(N3CCc4ccccc43)ccc21. The van der Waals surface area contributed by atoms with E-state index >= 15 is 0 Å². The summed E-state index contributed by atoms with van der Waals surface area (Å²) in [5, 5.41) is 0. The minimum absolute atomic E-state index is 0.661. The number of benzene rings is 2. The summed E-state index contributed by atoms with van der Waals surface area (Å²) in [5.41, 5.74) is 5.44. The monoisotopic (exact) mass is 279 g/mol. The molecular weight excluding hydrogens is 258 g/mol. The molecule has 2 aliphatic heterocycles. The minimum atomic E-state index is 0.661. The molecule has 0 amide bonds. The summed E-state index contributed by atoms with van der Waals surface area (Å²) < 4.78 is 5.92. The Morgan fingerprint density at radius 2 is 2.10 bits per heavy atom. The largest absolute Gasteiger partial charge is 0.493 e. The molecule has 0 fully saturated rings. The van der Waals surface area contributed by atoms with Crippen molar-refractivity contribution in [3.05, 3.63) is 53.6 Å². The maximum Gasteiger partial charge on any atom is 0.124 e. The smallest absolute Gasteiger partial charge is 0.124 e. The summed E-state index contributed by atoms with van der Waals surface area (Å²) in [5.74, 6) is 1.75. The molecule has 0 aliphatic carbocycles. The third kappa shape index (κ3) is 2.10. The molecule has 1 unspecified atom stereocenters. The third-order valence-electron chi connectivity index (χ3n) is 4.85. The minimum Gasteiger partial charge on any atom is -0.493 e. The fourth-order valence-electron chi connectivity index (χ4n) is 3.65. The zero-order valence-electron chi connectivity index (χ0n) is 12.5. The zero-order chi connectivity index (χ0) is 14.2. The van der Waals surface area contributed by atoms with E-state index in [-0.39, 0.29) is 0 Å². The van der Waals surface area contributed by atoms with E-state index in [1.165, 1.54) is 28.9 Å². The number of anilines is 2. The summed E-state index contributed by atoms with van der Waals surface area (Å²) in [6.45, 7) is 4.19. The van der Waals surface area contributed by atoms with E-state index in [4.69, 9.17) is 4.74 Å². The second-order valence-electron chi connectivity index (χ2n) is 5.99. The van der Waals surface area contributed by atoms with Crippen molar-refractivity contribution in [2.75, 3.05) is 18.1 Å². The van der Waals surface area contributed by atoms with Gasteiger partial charge in [-0.3, -0.25) is 0 Å². The summed E-state index contributed by atoms with van der Waals surface area (Å²) >= 11 is 0. The van der Waals surface area contributed by atoms with Crippen LogP contribution in [0, 0.1) is 0 Å². The number of hydrogen-bond donors (Lipinski definition) is 0. The number of rotatable bonds is 2. The molecule has 1 atom stereocenters. The number of hydrogen-bond acceptors (Lipinski definition) is 2. The molecule has 0 saturated heterocycles. The van der Waals surface area contributed by atoms with Crippen LogP contribution in [0.1, 0.15) is 36.8 Å². The molecule has 2 aromatic carbocycles. The van der Waals surface area contributed by atoms with Gasteiger partial charge in [-0.25, -0.2) is 0 Å². The van der Waals surface area contributed by atoms with Crippen LogP contribution in [0.15, 0.2) is 42.5 Å².